The number of hydrogen-bond donors (Lipinski definition) is 1. The zero-order chi connectivity index (χ0) is 12.3. The van der Waals surface area contributed by atoms with Gasteiger partial charge >= 0.3 is 0 Å². The molecule has 0 bridgehead atoms. The number of carbonyl (C=O) groups is 1. The van der Waals surface area contributed by atoms with Gasteiger partial charge in [0.2, 0.25) is 11.0 Å². The van der Waals surface area contributed by atoms with Crippen molar-refractivity contribution in [3.63, 3.8) is 0 Å². The van der Waals surface area contributed by atoms with E-state index in [1.54, 1.807) is 0 Å². The van der Waals surface area contributed by atoms with Gasteiger partial charge in [-0.15, -0.1) is 10.2 Å². The van der Waals surface area contributed by atoms with Crippen LogP contribution in [0.15, 0.2) is 0 Å². The number of nitrogens with zero attached hydrogens (tertiary/aromatic N) is 2. The number of aromatic nitrogens is 2. The van der Waals surface area contributed by atoms with E-state index in [0.717, 1.165) is 17.7 Å². The van der Waals surface area contributed by atoms with E-state index in [-0.39, 0.29) is 0 Å². The normalized spacial score (nSPS) is 13.4. The second kappa shape index (κ2) is 4.88. The number of anilines is 1. The van der Waals surface area contributed by atoms with Crippen LogP contribution >= 0.6 is 11.3 Å². The second-order valence-electron chi connectivity index (χ2n) is 3.32. The summed E-state index contributed by atoms with van der Waals surface area (Å²) in [5, 5.41) is 10.0. The fraction of sp³-hybridized carbons (Fsp3) is 0.625. The molecule has 0 aliphatic carbocycles. The molecule has 0 radical (unpaired) electrons. The summed E-state index contributed by atoms with van der Waals surface area (Å²) in [5.41, 5.74) is 0. The lowest BCUT2D eigenvalue weighted by molar-refractivity contribution is -0.115. The Morgan fingerprint density at radius 3 is 2.56 bits per heavy atom. The molecule has 0 aromatic carbocycles. The van der Waals surface area contributed by atoms with Crippen molar-refractivity contribution in [1.82, 2.24) is 10.2 Å². The molecular formula is C8H13N3O3S2. The van der Waals surface area contributed by atoms with Gasteiger partial charge in [-0.25, -0.2) is 8.42 Å². The molecule has 1 amide bonds. The Balaban J connectivity index is 2.72. The highest BCUT2D eigenvalue weighted by molar-refractivity contribution is 7.92. The Morgan fingerprint density at radius 2 is 2.12 bits per heavy atom. The Morgan fingerprint density at radius 1 is 1.50 bits per heavy atom. The lowest BCUT2D eigenvalue weighted by Gasteiger charge is -2.07. The number of nitrogens with one attached hydrogen (secondary N) is 1. The van der Waals surface area contributed by atoms with Crippen molar-refractivity contribution >= 4 is 32.2 Å². The maximum Gasteiger partial charge on any atom is 0.244 e. The minimum absolute atomic E-state index is 0.331. The van der Waals surface area contributed by atoms with Gasteiger partial charge in [-0.05, 0) is 13.3 Å². The zero-order valence-electron chi connectivity index (χ0n) is 9.22. The van der Waals surface area contributed by atoms with Gasteiger partial charge in [0.05, 0.1) is 0 Å². The van der Waals surface area contributed by atoms with Crippen LogP contribution in [0.25, 0.3) is 0 Å². The minimum Gasteiger partial charge on any atom is -0.299 e. The van der Waals surface area contributed by atoms with Crippen molar-refractivity contribution in [2.75, 3.05) is 11.6 Å². The molecule has 0 fully saturated rings. The van der Waals surface area contributed by atoms with Crippen molar-refractivity contribution in [3.8, 4) is 0 Å². The summed E-state index contributed by atoms with van der Waals surface area (Å²) in [5.74, 6) is -0.582. The van der Waals surface area contributed by atoms with Crippen molar-refractivity contribution in [2.24, 2.45) is 0 Å². The third-order valence-electron chi connectivity index (χ3n) is 2.01. The van der Waals surface area contributed by atoms with Crippen molar-refractivity contribution in [2.45, 2.75) is 25.5 Å². The van der Waals surface area contributed by atoms with Crippen LogP contribution in [0.4, 0.5) is 5.13 Å². The second-order valence-corrected chi connectivity index (χ2v) is 6.74. The number of hydrogen-bond acceptors (Lipinski definition) is 6. The molecule has 1 unspecified atom stereocenters. The monoisotopic (exact) mass is 263 g/mol. The number of rotatable bonds is 4. The van der Waals surface area contributed by atoms with E-state index in [1.807, 2.05) is 6.92 Å². The predicted molar refractivity (Wildman–Crippen MR) is 62.2 cm³/mol. The molecule has 90 valence electrons. The third-order valence-corrected chi connectivity index (χ3v) is 4.49. The molecule has 0 spiro atoms. The molecule has 0 saturated heterocycles. The summed E-state index contributed by atoms with van der Waals surface area (Å²) < 4.78 is 22.3. The average Bonchev–Trinajstić information content (AvgIpc) is 2.63. The van der Waals surface area contributed by atoms with Crippen molar-refractivity contribution in [3.05, 3.63) is 5.01 Å². The quantitative estimate of drug-likeness (QED) is 0.853. The molecule has 1 aromatic rings. The van der Waals surface area contributed by atoms with E-state index in [2.05, 4.69) is 15.5 Å². The lowest BCUT2D eigenvalue weighted by atomic mass is 10.4. The van der Waals surface area contributed by atoms with Crippen LogP contribution in [0, 0.1) is 0 Å². The Bertz CT molecular complexity index is 480. The van der Waals surface area contributed by atoms with Gasteiger partial charge in [-0.3, -0.25) is 10.1 Å². The Kier molecular flexibility index (Phi) is 3.98. The van der Waals surface area contributed by atoms with E-state index >= 15 is 0 Å². The fourth-order valence-corrected chi connectivity index (χ4v) is 1.98. The van der Waals surface area contributed by atoms with Gasteiger partial charge in [-0.1, -0.05) is 18.3 Å². The zero-order valence-corrected chi connectivity index (χ0v) is 10.9. The summed E-state index contributed by atoms with van der Waals surface area (Å²) in [6.45, 7) is 3.26. The van der Waals surface area contributed by atoms with Crippen LogP contribution in [-0.4, -0.2) is 36.0 Å². The van der Waals surface area contributed by atoms with E-state index in [4.69, 9.17) is 0 Å². The fourth-order valence-electron chi connectivity index (χ4n) is 0.848. The van der Waals surface area contributed by atoms with E-state index in [1.165, 1.54) is 18.3 Å². The SMILES string of the molecule is CCc1nnc(NC(=O)C(C)S(C)(=O)=O)s1. The molecule has 0 aliphatic rings. The van der Waals surface area contributed by atoms with Crippen LogP contribution in [0.1, 0.15) is 18.9 Å². The van der Waals surface area contributed by atoms with Crippen LogP contribution in [0.5, 0.6) is 0 Å². The van der Waals surface area contributed by atoms with Gasteiger partial charge in [0.1, 0.15) is 10.3 Å². The standard InChI is InChI=1S/C8H13N3O3S2/c1-4-6-10-11-8(15-6)9-7(12)5(2)16(3,13)14/h5H,4H2,1-3H3,(H,9,11,12). The summed E-state index contributed by atoms with van der Waals surface area (Å²) in [7, 11) is -3.38. The number of carbonyl (C=O) groups excluding carboxylic acids is 1. The van der Waals surface area contributed by atoms with Gasteiger partial charge in [0.25, 0.3) is 0 Å². The highest BCUT2D eigenvalue weighted by atomic mass is 32.2. The molecular weight excluding hydrogens is 250 g/mol. The number of amides is 1. The highest BCUT2D eigenvalue weighted by Gasteiger charge is 2.24. The molecule has 1 atom stereocenters. The van der Waals surface area contributed by atoms with Crippen LogP contribution in [-0.2, 0) is 21.1 Å². The maximum absolute atomic E-state index is 11.5. The highest BCUT2D eigenvalue weighted by Crippen LogP contribution is 2.16. The molecule has 6 nitrogen and oxygen atoms in total. The third kappa shape index (κ3) is 3.24. The topological polar surface area (TPSA) is 89.0 Å². The minimum atomic E-state index is -3.38. The maximum atomic E-state index is 11.5. The first kappa shape index (κ1) is 13.0. The summed E-state index contributed by atoms with van der Waals surface area (Å²) in [4.78, 5) is 11.5. The van der Waals surface area contributed by atoms with Gasteiger partial charge in [-0.2, -0.15) is 0 Å². The first-order chi connectivity index (χ1) is 7.34. The molecule has 1 N–H and O–H groups in total. The molecule has 0 saturated carbocycles. The summed E-state index contributed by atoms with van der Waals surface area (Å²) >= 11 is 1.24. The van der Waals surface area contributed by atoms with E-state index in [0.29, 0.717) is 5.13 Å². The molecule has 1 heterocycles. The van der Waals surface area contributed by atoms with E-state index in [9.17, 15) is 13.2 Å². The van der Waals surface area contributed by atoms with Crippen LogP contribution < -0.4 is 5.32 Å². The Hall–Kier alpha value is -1.02. The molecule has 0 aliphatic heterocycles. The van der Waals surface area contributed by atoms with Crippen LogP contribution in [0.3, 0.4) is 0 Å². The van der Waals surface area contributed by atoms with Crippen molar-refractivity contribution < 1.29 is 13.2 Å². The predicted octanol–water partition coefficient (Wildman–Crippen LogP) is 0.472. The number of aryl methyl sites for hydroxylation is 1. The largest absolute Gasteiger partial charge is 0.299 e. The first-order valence-corrected chi connectivity index (χ1v) is 7.43. The average molecular weight is 263 g/mol. The van der Waals surface area contributed by atoms with Gasteiger partial charge in [0.15, 0.2) is 9.84 Å². The first-order valence-electron chi connectivity index (χ1n) is 4.66. The van der Waals surface area contributed by atoms with Crippen LogP contribution in [0.2, 0.25) is 0 Å². The molecule has 8 heteroatoms. The lowest BCUT2D eigenvalue weighted by Crippen LogP contribution is -2.31. The van der Waals surface area contributed by atoms with E-state index < -0.39 is 21.0 Å². The smallest absolute Gasteiger partial charge is 0.244 e. The van der Waals surface area contributed by atoms with Gasteiger partial charge in [0, 0.05) is 6.26 Å². The van der Waals surface area contributed by atoms with Crippen molar-refractivity contribution in [1.29, 1.82) is 0 Å². The Labute approximate surface area is 98.0 Å². The summed E-state index contributed by atoms with van der Waals surface area (Å²) in [6.07, 6.45) is 1.75. The summed E-state index contributed by atoms with van der Waals surface area (Å²) in [6, 6.07) is 0. The number of sulfone groups is 1. The molecule has 1 aromatic heterocycles. The molecule has 16 heavy (non-hydrogen) atoms. The van der Waals surface area contributed by atoms with Gasteiger partial charge < -0.3 is 0 Å². The molecule has 1 rings (SSSR count).